The van der Waals surface area contributed by atoms with Crippen LogP contribution in [0.5, 0.6) is 0 Å². The molecule has 0 aliphatic rings. The topological polar surface area (TPSA) is 202 Å². The Labute approximate surface area is 268 Å². The van der Waals surface area contributed by atoms with Gasteiger partial charge in [0.2, 0.25) is 0 Å². The number of aryl methyl sites for hydroxylation is 2. The zero-order chi connectivity index (χ0) is 32.2. The summed E-state index contributed by atoms with van der Waals surface area (Å²) < 4.78 is 0. The van der Waals surface area contributed by atoms with E-state index in [-0.39, 0.29) is 0 Å². The van der Waals surface area contributed by atoms with Crippen LogP contribution in [0.3, 0.4) is 0 Å². The third kappa shape index (κ3) is 6.78. The number of H-pyrrole nitrogens is 2. The first kappa shape index (κ1) is 30.7. The van der Waals surface area contributed by atoms with Gasteiger partial charge >= 0.3 is 0 Å². The largest absolute Gasteiger partial charge is 0.384 e. The van der Waals surface area contributed by atoms with Crippen LogP contribution in [-0.2, 0) is 0 Å². The van der Waals surface area contributed by atoms with Crippen molar-refractivity contribution >= 4 is 40.7 Å². The molecule has 0 aliphatic carbocycles. The molecule has 2 aromatic carbocycles. The second kappa shape index (κ2) is 12.9. The number of hydrogen-bond donors (Lipinski definition) is 5. The molecule has 0 saturated carbocycles. The number of nitrogens with zero attached hydrogens (tertiary/aromatic N) is 5. The first-order valence-corrected chi connectivity index (χ1v) is 14.1. The summed E-state index contributed by atoms with van der Waals surface area (Å²) in [5, 5.41) is 10.6. The summed E-state index contributed by atoms with van der Waals surface area (Å²) in [5.41, 5.74) is 25.3. The van der Waals surface area contributed by atoms with E-state index in [4.69, 9.17) is 40.4 Å². The summed E-state index contributed by atoms with van der Waals surface area (Å²) in [4.78, 5) is 34.3. The van der Waals surface area contributed by atoms with E-state index in [9.17, 15) is 10.1 Å². The van der Waals surface area contributed by atoms with Gasteiger partial charge in [0, 0.05) is 33.3 Å². The van der Waals surface area contributed by atoms with Gasteiger partial charge in [-0.25, -0.2) is 19.9 Å². The fraction of sp³-hybridized carbons (Fsp3) is 0.0625. The molecule has 4 aromatic heterocycles. The summed E-state index contributed by atoms with van der Waals surface area (Å²) in [6.45, 7) is 3.90. The number of carbonyl (C=O) groups is 1. The SMILES string of the molecule is Cc1ccc(Cl)cc1-c1[nH]c(-c2cc(N)ncn2)cc1C#N.Cc1ccc(Cl)cc1-c1[nH]c(-c2cc(N)ncn2)cc1C(N)=O. The minimum atomic E-state index is -0.538. The highest BCUT2D eigenvalue weighted by Crippen LogP contribution is 2.33. The molecule has 0 radical (unpaired) electrons. The van der Waals surface area contributed by atoms with Crippen molar-refractivity contribution in [1.29, 1.82) is 5.26 Å². The molecule has 0 bridgehead atoms. The number of aromatic amines is 2. The van der Waals surface area contributed by atoms with Crippen molar-refractivity contribution < 1.29 is 4.79 Å². The molecule has 0 fully saturated rings. The number of carbonyl (C=O) groups excluding carboxylic acids is 1. The van der Waals surface area contributed by atoms with Gasteiger partial charge in [-0.1, -0.05) is 35.3 Å². The standard InChI is InChI=1S/C16H14ClN5O.C16H12ClN5/c1-8-2-3-9(17)4-10(8)15-11(16(19)23)5-13(22-15)12-6-14(18)21-7-20-12;1-9-2-3-11(17)5-12(9)16-10(7-18)4-14(22-16)13-6-15(19)21-8-20-13/h2-7,22H,1H3,(H2,19,23)(H2,18,20,21);2-6,8,22H,1H3,(H2,19,20,21). The molecule has 45 heavy (non-hydrogen) atoms. The van der Waals surface area contributed by atoms with Gasteiger partial charge in [0.1, 0.15) is 30.4 Å². The van der Waals surface area contributed by atoms with Crippen molar-refractivity contribution in [3.63, 3.8) is 0 Å². The maximum Gasteiger partial charge on any atom is 0.250 e. The quantitative estimate of drug-likeness (QED) is 0.144. The molecule has 6 aromatic rings. The number of aromatic nitrogens is 6. The number of halogens is 2. The molecule has 0 unspecified atom stereocenters. The first-order valence-electron chi connectivity index (χ1n) is 13.4. The maximum absolute atomic E-state index is 11.8. The number of hydrogen-bond acceptors (Lipinski definition) is 8. The Morgan fingerprint density at radius 1 is 0.733 bits per heavy atom. The van der Waals surface area contributed by atoms with Crippen LogP contribution in [0.4, 0.5) is 11.6 Å². The summed E-state index contributed by atoms with van der Waals surface area (Å²) >= 11 is 12.1. The van der Waals surface area contributed by atoms with E-state index in [1.54, 1.807) is 36.4 Å². The Morgan fingerprint density at radius 3 is 1.71 bits per heavy atom. The Bertz CT molecular complexity index is 2090. The molecule has 8 N–H and O–H groups in total. The van der Waals surface area contributed by atoms with E-state index in [0.717, 1.165) is 27.9 Å². The van der Waals surface area contributed by atoms with Crippen LogP contribution >= 0.6 is 23.2 Å². The number of nitrogen functional groups attached to an aromatic ring is 2. The number of benzene rings is 2. The Hall–Kier alpha value is -5.70. The van der Waals surface area contributed by atoms with Gasteiger partial charge in [0.05, 0.1) is 45.3 Å². The zero-order valence-electron chi connectivity index (χ0n) is 24.1. The lowest BCUT2D eigenvalue weighted by Gasteiger charge is -2.06. The fourth-order valence-electron chi connectivity index (χ4n) is 4.66. The Kier molecular flexibility index (Phi) is 8.81. The molecule has 224 valence electrons. The molecular weight excluding hydrogens is 611 g/mol. The number of amides is 1. The smallest absolute Gasteiger partial charge is 0.250 e. The lowest BCUT2D eigenvalue weighted by atomic mass is 10.0. The molecule has 13 heteroatoms. The average Bonchev–Trinajstić information content (AvgIpc) is 3.66. The number of nitrogens with one attached hydrogen (secondary N) is 2. The number of nitriles is 1. The lowest BCUT2D eigenvalue weighted by Crippen LogP contribution is -2.11. The summed E-state index contributed by atoms with van der Waals surface area (Å²) in [6.07, 6.45) is 2.75. The number of nitrogens with two attached hydrogens (primary N) is 3. The van der Waals surface area contributed by atoms with Crippen LogP contribution in [0.15, 0.2) is 73.3 Å². The number of primary amides is 1. The van der Waals surface area contributed by atoms with Crippen molar-refractivity contribution in [2.24, 2.45) is 5.73 Å². The number of rotatable bonds is 5. The van der Waals surface area contributed by atoms with Gasteiger partial charge in [-0.3, -0.25) is 4.79 Å². The highest BCUT2D eigenvalue weighted by atomic mass is 35.5. The molecule has 0 aliphatic heterocycles. The zero-order valence-corrected chi connectivity index (χ0v) is 25.6. The molecule has 11 nitrogen and oxygen atoms in total. The normalized spacial score (nSPS) is 10.6. The van der Waals surface area contributed by atoms with Gasteiger partial charge in [0.25, 0.3) is 5.91 Å². The summed E-state index contributed by atoms with van der Waals surface area (Å²) in [7, 11) is 0. The average molecular weight is 638 g/mol. The first-order chi connectivity index (χ1) is 21.5. The van der Waals surface area contributed by atoms with Crippen LogP contribution in [0.1, 0.15) is 27.0 Å². The van der Waals surface area contributed by atoms with Crippen LogP contribution in [0, 0.1) is 25.2 Å². The summed E-state index contributed by atoms with van der Waals surface area (Å²) in [5.74, 6) is 0.174. The van der Waals surface area contributed by atoms with Gasteiger partial charge in [-0.2, -0.15) is 5.26 Å². The maximum atomic E-state index is 11.8. The van der Waals surface area contributed by atoms with Gasteiger partial charge in [-0.15, -0.1) is 0 Å². The van der Waals surface area contributed by atoms with Crippen molar-refractivity contribution in [3.8, 4) is 51.4 Å². The van der Waals surface area contributed by atoms with E-state index in [2.05, 4.69) is 36.0 Å². The fourth-order valence-corrected chi connectivity index (χ4v) is 5.00. The molecule has 0 spiro atoms. The predicted octanol–water partition coefficient (Wildman–Crippen LogP) is 6.34. The number of anilines is 2. The lowest BCUT2D eigenvalue weighted by molar-refractivity contribution is 0.100. The highest BCUT2D eigenvalue weighted by molar-refractivity contribution is 6.31. The van der Waals surface area contributed by atoms with Gasteiger partial charge < -0.3 is 27.2 Å². The van der Waals surface area contributed by atoms with E-state index < -0.39 is 5.91 Å². The molecular formula is C32H26Cl2N10O. The second-order valence-electron chi connectivity index (χ2n) is 9.99. The van der Waals surface area contributed by atoms with E-state index in [1.165, 1.54) is 12.7 Å². The highest BCUT2D eigenvalue weighted by Gasteiger charge is 2.18. The van der Waals surface area contributed by atoms with Crippen LogP contribution in [0.25, 0.3) is 45.3 Å². The van der Waals surface area contributed by atoms with Crippen molar-refractivity contribution in [2.75, 3.05) is 11.5 Å². The van der Waals surface area contributed by atoms with Crippen molar-refractivity contribution in [2.45, 2.75) is 13.8 Å². The van der Waals surface area contributed by atoms with Gasteiger partial charge in [0.15, 0.2) is 0 Å². The minimum Gasteiger partial charge on any atom is -0.384 e. The molecule has 0 saturated heterocycles. The third-order valence-corrected chi connectivity index (χ3v) is 7.36. The molecule has 1 amide bonds. The molecule has 0 atom stereocenters. The molecule has 6 rings (SSSR count). The van der Waals surface area contributed by atoms with Gasteiger partial charge in [-0.05, 0) is 61.4 Å². The monoisotopic (exact) mass is 636 g/mol. The third-order valence-electron chi connectivity index (χ3n) is 6.89. The minimum absolute atomic E-state index is 0.339. The van der Waals surface area contributed by atoms with Crippen LogP contribution < -0.4 is 17.2 Å². The van der Waals surface area contributed by atoms with Crippen molar-refractivity contribution in [3.05, 3.63) is 106 Å². The van der Waals surface area contributed by atoms with Crippen LogP contribution in [-0.4, -0.2) is 35.8 Å². The van der Waals surface area contributed by atoms with E-state index in [0.29, 0.717) is 61.3 Å². The second-order valence-corrected chi connectivity index (χ2v) is 10.9. The predicted molar refractivity (Wildman–Crippen MR) is 176 cm³/mol. The summed E-state index contributed by atoms with van der Waals surface area (Å²) in [6, 6.07) is 19.9. The van der Waals surface area contributed by atoms with Crippen LogP contribution in [0.2, 0.25) is 10.0 Å². The van der Waals surface area contributed by atoms with E-state index in [1.807, 2.05) is 38.1 Å². The van der Waals surface area contributed by atoms with E-state index >= 15 is 0 Å². The Morgan fingerprint density at radius 2 is 1.22 bits per heavy atom. The Balaban J connectivity index is 0.000000178. The molecule has 4 heterocycles. The van der Waals surface area contributed by atoms with Crippen molar-refractivity contribution in [1.82, 2.24) is 29.9 Å².